The molecule has 0 fully saturated rings. The Morgan fingerprint density at radius 3 is 3.10 bits per heavy atom. The van der Waals surface area contributed by atoms with E-state index in [0.717, 1.165) is 19.3 Å². The number of rotatable bonds is 6. The highest BCUT2D eigenvalue weighted by Gasteiger charge is 2.19. The second-order valence-electron chi connectivity index (χ2n) is 5.12. The van der Waals surface area contributed by atoms with Crippen LogP contribution in [0.2, 0.25) is 0 Å². The molecule has 0 heterocycles. The van der Waals surface area contributed by atoms with Crippen LogP contribution in [0.5, 0.6) is 0 Å². The summed E-state index contributed by atoms with van der Waals surface area (Å²) in [4.78, 5) is 11.3. The summed E-state index contributed by atoms with van der Waals surface area (Å²) < 4.78 is 5.97. The maximum atomic E-state index is 11.3. The number of carbonyl (C=O) groups is 1. The monoisotopic (exact) mass is 286 g/mol. The lowest BCUT2D eigenvalue weighted by Gasteiger charge is -2.25. The van der Waals surface area contributed by atoms with Gasteiger partial charge in [0.1, 0.15) is 0 Å². The average molecular weight is 286 g/mol. The van der Waals surface area contributed by atoms with E-state index in [4.69, 9.17) is 11.2 Å². The smallest absolute Gasteiger partial charge is 0.315 e. The van der Waals surface area contributed by atoms with E-state index in [-0.39, 0.29) is 18.7 Å². The minimum Gasteiger partial charge on any atom is -0.373 e. The molecule has 0 aliphatic heterocycles. The molecule has 1 unspecified atom stereocenters. The molecule has 1 aliphatic carbocycles. The molecule has 1 atom stereocenters. The highest BCUT2D eigenvalue weighted by molar-refractivity contribution is 5.73. The van der Waals surface area contributed by atoms with Crippen LogP contribution in [0, 0.1) is 12.3 Å². The topological polar surface area (TPSA) is 50.4 Å². The molecule has 0 aromatic heterocycles. The summed E-state index contributed by atoms with van der Waals surface area (Å²) in [6.07, 6.45) is 9.45. The van der Waals surface area contributed by atoms with Crippen molar-refractivity contribution in [1.82, 2.24) is 10.6 Å². The van der Waals surface area contributed by atoms with Crippen molar-refractivity contribution in [3.8, 4) is 12.3 Å². The fourth-order valence-electron chi connectivity index (χ4n) is 2.58. The van der Waals surface area contributed by atoms with E-state index in [1.807, 2.05) is 0 Å². The second-order valence-corrected chi connectivity index (χ2v) is 5.12. The Labute approximate surface area is 126 Å². The van der Waals surface area contributed by atoms with E-state index in [0.29, 0.717) is 13.2 Å². The maximum Gasteiger partial charge on any atom is 0.315 e. The Morgan fingerprint density at radius 2 is 2.24 bits per heavy atom. The van der Waals surface area contributed by atoms with Crippen molar-refractivity contribution in [3.63, 3.8) is 0 Å². The van der Waals surface area contributed by atoms with Crippen LogP contribution < -0.4 is 10.6 Å². The number of terminal acetylenes is 1. The number of fused-ring (bicyclic) bond motifs is 1. The standard InChI is InChI=1S/C17H22N2O2/c1-2-11-18-17(20)19-12-6-13-21-16-10-5-8-14-7-3-4-9-15(14)16/h1,3-4,7,9,16H,5-6,8,10-13H2,(H2,18,19,20). The summed E-state index contributed by atoms with van der Waals surface area (Å²) in [6, 6.07) is 8.26. The van der Waals surface area contributed by atoms with E-state index < -0.39 is 0 Å². The summed E-state index contributed by atoms with van der Waals surface area (Å²) in [7, 11) is 0. The van der Waals surface area contributed by atoms with Crippen molar-refractivity contribution < 1.29 is 9.53 Å². The quantitative estimate of drug-likeness (QED) is 0.623. The Morgan fingerprint density at radius 1 is 1.38 bits per heavy atom. The highest BCUT2D eigenvalue weighted by atomic mass is 16.5. The van der Waals surface area contributed by atoms with E-state index in [1.165, 1.54) is 17.5 Å². The van der Waals surface area contributed by atoms with Gasteiger partial charge in [-0.2, -0.15) is 0 Å². The second kappa shape index (κ2) is 8.33. The summed E-state index contributed by atoms with van der Waals surface area (Å²) >= 11 is 0. The van der Waals surface area contributed by atoms with Crippen LogP contribution in [0.4, 0.5) is 4.79 Å². The van der Waals surface area contributed by atoms with E-state index >= 15 is 0 Å². The molecule has 21 heavy (non-hydrogen) atoms. The van der Waals surface area contributed by atoms with Gasteiger partial charge in [-0.15, -0.1) is 6.42 Å². The van der Waals surface area contributed by atoms with Crippen molar-refractivity contribution in [2.45, 2.75) is 31.8 Å². The van der Waals surface area contributed by atoms with Gasteiger partial charge in [-0.3, -0.25) is 0 Å². The number of nitrogens with one attached hydrogen (secondary N) is 2. The zero-order valence-corrected chi connectivity index (χ0v) is 12.2. The third kappa shape index (κ3) is 4.80. The zero-order chi connectivity index (χ0) is 14.9. The van der Waals surface area contributed by atoms with Gasteiger partial charge in [0.15, 0.2) is 0 Å². The predicted molar refractivity (Wildman–Crippen MR) is 82.9 cm³/mol. The lowest BCUT2D eigenvalue weighted by Crippen LogP contribution is -2.36. The molecule has 1 aliphatic rings. The first-order valence-corrected chi connectivity index (χ1v) is 7.46. The molecule has 2 N–H and O–H groups in total. The van der Waals surface area contributed by atoms with Gasteiger partial charge >= 0.3 is 6.03 Å². The number of urea groups is 1. The molecule has 4 nitrogen and oxygen atoms in total. The molecule has 112 valence electrons. The molecular formula is C17H22N2O2. The number of carbonyl (C=O) groups excluding carboxylic acids is 1. The van der Waals surface area contributed by atoms with Crippen LogP contribution in [-0.4, -0.2) is 25.7 Å². The Bertz CT molecular complexity index is 508. The molecule has 0 spiro atoms. The van der Waals surface area contributed by atoms with Crippen molar-refractivity contribution in [1.29, 1.82) is 0 Å². The van der Waals surface area contributed by atoms with Gasteiger partial charge < -0.3 is 15.4 Å². The fourth-order valence-corrected chi connectivity index (χ4v) is 2.58. The van der Waals surface area contributed by atoms with Gasteiger partial charge in [-0.05, 0) is 36.8 Å². The summed E-state index contributed by atoms with van der Waals surface area (Å²) in [6.45, 7) is 1.49. The molecule has 4 heteroatoms. The van der Waals surface area contributed by atoms with Crippen molar-refractivity contribution in [2.24, 2.45) is 0 Å². The third-order valence-electron chi connectivity index (χ3n) is 3.59. The number of ether oxygens (including phenoxy) is 1. The third-order valence-corrected chi connectivity index (χ3v) is 3.59. The largest absolute Gasteiger partial charge is 0.373 e. The minimum absolute atomic E-state index is 0.199. The molecule has 2 rings (SSSR count). The Kier molecular flexibility index (Phi) is 6.11. The first kappa shape index (κ1) is 15.4. The molecule has 0 saturated carbocycles. The minimum atomic E-state index is -0.226. The summed E-state index contributed by atoms with van der Waals surface area (Å²) in [5, 5.41) is 5.31. The molecule has 0 radical (unpaired) electrons. The van der Waals surface area contributed by atoms with Gasteiger partial charge in [0.2, 0.25) is 0 Å². The van der Waals surface area contributed by atoms with Gasteiger partial charge in [0.05, 0.1) is 12.6 Å². The zero-order valence-electron chi connectivity index (χ0n) is 12.2. The van der Waals surface area contributed by atoms with Crippen molar-refractivity contribution in [2.75, 3.05) is 19.7 Å². The molecule has 1 aromatic rings. The number of hydrogen-bond donors (Lipinski definition) is 2. The van der Waals surface area contributed by atoms with Gasteiger partial charge in [0.25, 0.3) is 0 Å². The summed E-state index contributed by atoms with van der Waals surface area (Å²) in [5.41, 5.74) is 2.73. The Hall–Kier alpha value is -1.99. The molecule has 0 saturated heterocycles. The SMILES string of the molecule is C#CCNC(=O)NCCCOC1CCCc2ccccc21. The number of amides is 2. The normalized spacial score (nSPS) is 16.6. The van der Waals surface area contributed by atoms with Crippen LogP contribution >= 0.6 is 0 Å². The van der Waals surface area contributed by atoms with Crippen LogP contribution in [0.1, 0.15) is 36.5 Å². The van der Waals surface area contributed by atoms with Gasteiger partial charge in [-0.1, -0.05) is 30.2 Å². The first-order chi connectivity index (χ1) is 10.3. The molecular weight excluding hydrogens is 264 g/mol. The van der Waals surface area contributed by atoms with E-state index in [9.17, 15) is 4.79 Å². The van der Waals surface area contributed by atoms with E-state index in [1.54, 1.807) is 0 Å². The van der Waals surface area contributed by atoms with Crippen LogP contribution in [-0.2, 0) is 11.2 Å². The van der Waals surface area contributed by atoms with Crippen molar-refractivity contribution in [3.05, 3.63) is 35.4 Å². The highest BCUT2D eigenvalue weighted by Crippen LogP contribution is 2.32. The molecule has 1 aromatic carbocycles. The lowest BCUT2D eigenvalue weighted by atomic mass is 9.89. The van der Waals surface area contributed by atoms with Crippen LogP contribution in [0.3, 0.4) is 0 Å². The molecule has 2 amide bonds. The van der Waals surface area contributed by atoms with E-state index in [2.05, 4.69) is 40.8 Å². The summed E-state index contributed by atoms with van der Waals surface area (Å²) in [5.74, 6) is 2.36. The van der Waals surface area contributed by atoms with Crippen LogP contribution in [0.25, 0.3) is 0 Å². The Balaban J connectivity index is 1.66. The van der Waals surface area contributed by atoms with Crippen LogP contribution in [0.15, 0.2) is 24.3 Å². The van der Waals surface area contributed by atoms with Crippen molar-refractivity contribution >= 4 is 6.03 Å². The molecule has 0 bridgehead atoms. The first-order valence-electron chi connectivity index (χ1n) is 7.46. The number of benzene rings is 1. The lowest BCUT2D eigenvalue weighted by molar-refractivity contribution is 0.0396. The predicted octanol–water partition coefficient (Wildman–Crippen LogP) is 2.40. The number of aryl methyl sites for hydroxylation is 1. The van der Waals surface area contributed by atoms with Gasteiger partial charge in [0, 0.05) is 13.2 Å². The number of hydrogen-bond acceptors (Lipinski definition) is 2. The van der Waals surface area contributed by atoms with Gasteiger partial charge in [-0.25, -0.2) is 4.79 Å². The fraction of sp³-hybridized carbons (Fsp3) is 0.471. The average Bonchev–Trinajstić information content (AvgIpc) is 2.52. The maximum absolute atomic E-state index is 11.3.